The Hall–Kier alpha value is -3.65. The minimum atomic E-state index is -1.50. The number of aromatic nitrogens is 4. The molecule has 1 aromatic carbocycles. The molecule has 3 N–H and O–H groups in total. The summed E-state index contributed by atoms with van der Waals surface area (Å²) in [6.07, 6.45) is 6.80. The molecule has 3 aliphatic heterocycles. The highest BCUT2D eigenvalue weighted by Gasteiger charge is 2.46. The second-order valence-electron chi connectivity index (χ2n) is 13.8. The molecule has 3 aromatic rings. The van der Waals surface area contributed by atoms with Crippen LogP contribution in [0.2, 0.25) is 0 Å². The van der Waals surface area contributed by atoms with Crippen LogP contribution in [0, 0.1) is 5.41 Å². The lowest BCUT2D eigenvalue weighted by molar-refractivity contribution is -0.127. The van der Waals surface area contributed by atoms with Crippen molar-refractivity contribution < 1.29 is 29.3 Å². The number of hydrogen-bond acceptors (Lipinski definition) is 10. The van der Waals surface area contributed by atoms with Crippen molar-refractivity contribution in [2.45, 2.75) is 84.0 Å². The topological polar surface area (TPSA) is 155 Å². The van der Waals surface area contributed by atoms with Gasteiger partial charge in [-0.2, -0.15) is 0 Å². The van der Waals surface area contributed by atoms with Crippen LogP contribution in [-0.2, 0) is 9.47 Å². The number of nitrogens with one attached hydrogen (secondary N) is 1. The van der Waals surface area contributed by atoms with Gasteiger partial charge in [-0.05, 0) is 79.0 Å². The molecule has 0 aliphatic carbocycles. The third kappa shape index (κ3) is 8.54. The smallest absolute Gasteiger partial charge is 0.410 e. The Morgan fingerprint density at radius 3 is 2.44 bits per heavy atom. The maximum absolute atomic E-state index is 12.7. The van der Waals surface area contributed by atoms with Gasteiger partial charge in [0.2, 0.25) is 0 Å². The van der Waals surface area contributed by atoms with E-state index in [1.54, 1.807) is 18.5 Å². The van der Waals surface area contributed by atoms with E-state index in [1.165, 1.54) is 20.2 Å². The van der Waals surface area contributed by atoms with Crippen molar-refractivity contribution in [2.24, 2.45) is 5.41 Å². The van der Waals surface area contributed by atoms with Crippen LogP contribution in [0.15, 0.2) is 43.0 Å². The number of rotatable bonds is 5. The predicted octanol–water partition coefficient (Wildman–Crippen LogP) is 3.80. The number of carbonyl (C=O) groups excluding carboxylic acids is 2. The van der Waals surface area contributed by atoms with E-state index < -0.39 is 11.4 Å². The molecular formula is C32H45N7O6. The number of imidazole rings is 1. The van der Waals surface area contributed by atoms with Crippen LogP contribution < -0.4 is 5.32 Å². The fourth-order valence-corrected chi connectivity index (χ4v) is 6.17. The first-order valence-electron chi connectivity index (χ1n) is 15.5. The number of anilines is 1. The van der Waals surface area contributed by atoms with E-state index in [0.29, 0.717) is 22.5 Å². The second kappa shape index (κ2) is 13.0. The maximum atomic E-state index is 12.7. The van der Waals surface area contributed by atoms with Gasteiger partial charge in [0, 0.05) is 37.2 Å². The zero-order valence-electron chi connectivity index (χ0n) is 26.8. The quantitative estimate of drug-likeness (QED) is 0.358. The van der Waals surface area contributed by atoms with E-state index in [1.807, 2.05) is 48.4 Å². The van der Waals surface area contributed by atoms with Gasteiger partial charge in [0.1, 0.15) is 18.2 Å². The number of ether oxygens (including phenoxy) is 2. The molecule has 45 heavy (non-hydrogen) atoms. The Labute approximate surface area is 263 Å². The molecule has 13 nitrogen and oxygen atoms in total. The monoisotopic (exact) mass is 623 g/mol. The van der Waals surface area contributed by atoms with Gasteiger partial charge in [-0.25, -0.2) is 19.7 Å². The van der Waals surface area contributed by atoms with Crippen molar-refractivity contribution in [1.29, 1.82) is 0 Å². The van der Waals surface area contributed by atoms with E-state index in [0.717, 1.165) is 58.4 Å². The lowest BCUT2D eigenvalue weighted by Gasteiger charge is -2.27. The first-order chi connectivity index (χ1) is 21.2. The van der Waals surface area contributed by atoms with Crippen LogP contribution >= 0.6 is 0 Å². The lowest BCUT2D eigenvalue weighted by Crippen LogP contribution is -2.38. The number of fused-ring (bicyclic) bond motifs is 1. The van der Waals surface area contributed by atoms with Gasteiger partial charge in [0.15, 0.2) is 22.8 Å². The Kier molecular flexibility index (Phi) is 9.45. The molecule has 3 unspecified atom stereocenters. The molecule has 3 atom stereocenters. The number of hydrogen-bond donors (Lipinski definition) is 3. The molecule has 0 bridgehead atoms. The molecule has 244 valence electrons. The van der Waals surface area contributed by atoms with E-state index in [-0.39, 0.29) is 29.7 Å². The average Bonchev–Trinajstić information content (AvgIpc) is 3.75. The molecule has 2 amide bonds. The van der Waals surface area contributed by atoms with Crippen molar-refractivity contribution in [3.63, 3.8) is 0 Å². The molecule has 3 saturated heterocycles. The minimum absolute atomic E-state index is 0.111. The molecular weight excluding hydrogens is 578 g/mol. The maximum Gasteiger partial charge on any atom is 0.410 e. The Morgan fingerprint density at radius 1 is 1.02 bits per heavy atom. The first kappa shape index (κ1) is 32.7. The number of benzene rings is 1. The first-order valence-corrected chi connectivity index (χ1v) is 15.5. The van der Waals surface area contributed by atoms with Gasteiger partial charge in [-0.1, -0.05) is 18.2 Å². The van der Waals surface area contributed by atoms with Crippen molar-refractivity contribution in [1.82, 2.24) is 29.3 Å². The predicted molar refractivity (Wildman–Crippen MR) is 167 cm³/mol. The molecule has 13 heteroatoms. The fourth-order valence-electron chi connectivity index (χ4n) is 6.17. The van der Waals surface area contributed by atoms with Gasteiger partial charge in [0.25, 0.3) is 5.91 Å². The summed E-state index contributed by atoms with van der Waals surface area (Å²) in [4.78, 5) is 42.8. The molecule has 0 saturated carbocycles. The van der Waals surface area contributed by atoms with Crippen molar-refractivity contribution >= 4 is 29.0 Å². The number of carbonyl (C=O) groups is 2. The molecule has 6 rings (SSSR count). The normalized spacial score (nSPS) is 23.8. The Balaban J connectivity index is 0.000000743. The largest absolute Gasteiger partial charge is 0.444 e. The zero-order chi connectivity index (χ0) is 32.4. The van der Waals surface area contributed by atoms with Crippen LogP contribution in [0.25, 0.3) is 11.2 Å². The van der Waals surface area contributed by atoms with Crippen LogP contribution in [0.4, 0.5) is 10.6 Å². The highest BCUT2D eigenvalue weighted by atomic mass is 16.6. The van der Waals surface area contributed by atoms with Gasteiger partial charge in [0.05, 0.1) is 12.4 Å². The van der Waals surface area contributed by atoms with Crippen LogP contribution in [0.3, 0.4) is 0 Å². The zero-order valence-corrected chi connectivity index (χ0v) is 26.8. The molecule has 0 radical (unpaired) electrons. The summed E-state index contributed by atoms with van der Waals surface area (Å²) in [5.41, 5.74) is 1.39. The number of aliphatic hydroxyl groups is 2. The van der Waals surface area contributed by atoms with Gasteiger partial charge in [-0.15, -0.1) is 0 Å². The summed E-state index contributed by atoms with van der Waals surface area (Å²) in [7, 11) is 0. The van der Waals surface area contributed by atoms with E-state index in [4.69, 9.17) is 19.7 Å². The van der Waals surface area contributed by atoms with E-state index in [9.17, 15) is 9.59 Å². The number of amides is 2. The van der Waals surface area contributed by atoms with Crippen LogP contribution in [-0.4, -0.2) is 102 Å². The third-order valence-corrected chi connectivity index (χ3v) is 8.09. The summed E-state index contributed by atoms with van der Waals surface area (Å²) < 4.78 is 14.0. The summed E-state index contributed by atoms with van der Waals surface area (Å²) in [5.74, 6) is -1.36. The highest BCUT2D eigenvalue weighted by molar-refractivity contribution is 6.06. The Morgan fingerprint density at radius 2 is 1.73 bits per heavy atom. The standard InChI is InChI=1S/C29H37N7O4.C3H8O2/c1-28(2,3)40-27(38)35-14-12-29(17-35)11-13-34(16-29)15-21-9-10-22(39-21)36-19-32-23-24(30-18-31-25(23)36)33-26(37)20-7-5-4-6-8-20;1-3(2,4)5/h4-8,18-19,21-22H,9-17H2,1-3H3,(H,30,31,33,37);4-5H,1-2H3. The highest BCUT2D eigenvalue weighted by Crippen LogP contribution is 2.41. The molecule has 3 aliphatic rings. The van der Waals surface area contributed by atoms with Crippen molar-refractivity contribution in [3.05, 3.63) is 48.5 Å². The van der Waals surface area contributed by atoms with Crippen LogP contribution in [0.1, 0.15) is 76.9 Å². The van der Waals surface area contributed by atoms with Crippen molar-refractivity contribution in [3.8, 4) is 0 Å². The SMILES string of the molecule is CC(C)(C)OC(=O)N1CCC2(CCN(CC3CCC(n4cnc5c(NC(=O)c6ccccc6)ncnc54)O3)C2)C1.CC(C)(O)O. The van der Waals surface area contributed by atoms with Gasteiger partial charge in [-0.3, -0.25) is 9.36 Å². The molecule has 2 aromatic heterocycles. The molecule has 1 spiro atoms. The average molecular weight is 624 g/mol. The summed E-state index contributed by atoms with van der Waals surface area (Å²) in [5, 5.41) is 19.0. The summed E-state index contributed by atoms with van der Waals surface area (Å²) in [6.45, 7) is 12.7. The van der Waals surface area contributed by atoms with Crippen molar-refractivity contribution in [2.75, 3.05) is 38.0 Å². The fraction of sp³-hybridized carbons (Fsp3) is 0.594. The third-order valence-electron chi connectivity index (χ3n) is 8.09. The minimum Gasteiger partial charge on any atom is -0.444 e. The molecule has 5 heterocycles. The summed E-state index contributed by atoms with van der Waals surface area (Å²) >= 11 is 0. The number of likely N-dealkylation sites (tertiary alicyclic amines) is 2. The second-order valence-corrected chi connectivity index (χ2v) is 13.8. The Bertz CT molecular complexity index is 1480. The van der Waals surface area contributed by atoms with Gasteiger partial charge >= 0.3 is 6.09 Å². The van der Waals surface area contributed by atoms with E-state index in [2.05, 4.69) is 25.2 Å². The lowest BCUT2D eigenvalue weighted by atomic mass is 9.86. The number of nitrogens with zero attached hydrogens (tertiary/aromatic N) is 6. The van der Waals surface area contributed by atoms with Gasteiger partial charge < -0.3 is 34.8 Å². The molecule has 3 fully saturated rings. The summed E-state index contributed by atoms with van der Waals surface area (Å²) in [6, 6.07) is 9.02. The van der Waals surface area contributed by atoms with Crippen LogP contribution in [0.5, 0.6) is 0 Å². The van der Waals surface area contributed by atoms with E-state index >= 15 is 0 Å².